The molecule has 1 aromatic heterocycles. The Balaban J connectivity index is 1.42. The van der Waals surface area contributed by atoms with Gasteiger partial charge >= 0.3 is 6.03 Å². The van der Waals surface area contributed by atoms with Gasteiger partial charge in [-0.25, -0.2) is 4.79 Å². The van der Waals surface area contributed by atoms with Crippen LogP contribution in [0.4, 0.5) is 4.79 Å². The lowest BCUT2D eigenvalue weighted by Crippen LogP contribution is -2.55. The topological polar surface area (TPSA) is 81.3 Å². The quantitative estimate of drug-likeness (QED) is 0.529. The number of nitrogens with zero attached hydrogens (tertiary/aromatic N) is 3. The molecule has 3 amide bonds. The van der Waals surface area contributed by atoms with E-state index in [-0.39, 0.29) is 24.4 Å². The van der Waals surface area contributed by atoms with Crippen molar-refractivity contribution in [1.82, 2.24) is 25.3 Å². The van der Waals surface area contributed by atoms with Gasteiger partial charge in [-0.2, -0.15) is 5.10 Å². The van der Waals surface area contributed by atoms with Crippen molar-refractivity contribution in [3.8, 4) is 11.3 Å². The van der Waals surface area contributed by atoms with Gasteiger partial charge in [-0.1, -0.05) is 49.4 Å². The molecular formula is C24H31N5O2. The molecule has 0 radical (unpaired) electrons. The highest BCUT2D eigenvalue weighted by molar-refractivity contribution is 6.07. The van der Waals surface area contributed by atoms with Crippen molar-refractivity contribution in [2.45, 2.75) is 45.2 Å². The summed E-state index contributed by atoms with van der Waals surface area (Å²) in [4.78, 5) is 29.5. The molecule has 1 atom stereocenters. The van der Waals surface area contributed by atoms with Crippen molar-refractivity contribution < 1.29 is 9.59 Å². The molecule has 3 heterocycles. The van der Waals surface area contributed by atoms with Gasteiger partial charge in [0.15, 0.2) is 0 Å². The van der Waals surface area contributed by atoms with Crippen LogP contribution in [0.1, 0.15) is 38.7 Å². The minimum Gasteiger partial charge on any atom is -0.323 e. The van der Waals surface area contributed by atoms with Crippen molar-refractivity contribution in [1.29, 1.82) is 0 Å². The van der Waals surface area contributed by atoms with Crippen LogP contribution in [0.15, 0.2) is 48.7 Å². The van der Waals surface area contributed by atoms with Crippen molar-refractivity contribution in [3.63, 3.8) is 0 Å². The number of carbonyl (C=O) groups is 2. The third-order valence-electron chi connectivity index (χ3n) is 6.65. The molecule has 0 unspecified atom stereocenters. The lowest BCUT2D eigenvalue weighted by atomic mass is 9.75. The average molecular weight is 422 g/mol. The Morgan fingerprint density at radius 1 is 1.23 bits per heavy atom. The highest BCUT2D eigenvalue weighted by atomic mass is 16.2. The first-order valence-electron chi connectivity index (χ1n) is 11.0. The summed E-state index contributed by atoms with van der Waals surface area (Å²) in [6.45, 7) is 10.6. The van der Waals surface area contributed by atoms with Crippen molar-refractivity contribution in [3.05, 3.63) is 54.2 Å². The molecule has 164 valence electrons. The predicted octanol–water partition coefficient (Wildman–Crippen LogP) is 3.57. The largest absolute Gasteiger partial charge is 0.325 e. The molecule has 0 spiro atoms. The number of likely N-dealkylation sites (tertiary alicyclic amines) is 1. The molecule has 0 bridgehead atoms. The number of amides is 3. The van der Waals surface area contributed by atoms with E-state index in [1.54, 1.807) is 0 Å². The fourth-order valence-corrected chi connectivity index (χ4v) is 4.97. The van der Waals surface area contributed by atoms with Gasteiger partial charge in [0.05, 0.1) is 18.4 Å². The maximum atomic E-state index is 13.2. The number of H-pyrrole nitrogens is 1. The van der Waals surface area contributed by atoms with E-state index in [2.05, 4.69) is 39.1 Å². The van der Waals surface area contributed by atoms with E-state index in [1.165, 1.54) is 10.5 Å². The molecule has 7 heteroatoms. The summed E-state index contributed by atoms with van der Waals surface area (Å²) in [5.41, 5.74) is 3.38. The first-order valence-corrected chi connectivity index (χ1v) is 11.0. The Hall–Kier alpha value is -2.93. The molecule has 4 rings (SSSR count). The molecule has 0 aliphatic carbocycles. The number of urea groups is 1. The number of hydrogen-bond donors (Lipinski definition) is 2. The fraction of sp³-hybridized carbons (Fsp3) is 0.458. The minimum atomic E-state index is -0.788. The Labute approximate surface area is 183 Å². The second kappa shape index (κ2) is 8.67. The van der Waals surface area contributed by atoms with Crippen molar-refractivity contribution in [2.24, 2.45) is 5.92 Å². The molecule has 7 nitrogen and oxygen atoms in total. The molecule has 2 aliphatic rings. The zero-order valence-corrected chi connectivity index (χ0v) is 18.4. The van der Waals surface area contributed by atoms with Crippen LogP contribution >= 0.6 is 0 Å². The zero-order chi connectivity index (χ0) is 22.0. The number of nitrogens with one attached hydrogen (secondary N) is 2. The number of piperidine rings is 1. The Morgan fingerprint density at radius 3 is 2.58 bits per heavy atom. The fourth-order valence-electron chi connectivity index (χ4n) is 4.97. The first-order chi connectivity index (χ1) is 14.9. The van der Waals surface area contributed by atoms with E-state index in [1.807, 2.05) is 38.2 Å². The lowest BCUT2D eigenvalue weighted by Gasteiger charge is -2.40. The van der Waals surface area contributed by atoms with Gasteiger partial charge in [-0.3, -0.25) is 19.7 Å². The third kappa shape index (κ3) is 4.02. The lowest BCUT2D eigenvalue weighted by molar-refractivity contribution is -0.134. The van der Waals surface area contributed by atoms with E-state index in [0.717, 1.165) is 49.3 Å². The highest BCUT2D eigenvalue weighted by Crippen LogP contribution is 2.37. The summed E-state index contributed by atoms with van der Waals surface area (Å²) in [7, 11) is 0. The Kier molecular flexibility index (Phi) is 5.96. The van der Waals surface area contributed by atoms with Gasteiger partial charge in [0, 0.05) is 12.1 Å². The van der Waals surface area contributed by atoms with E-state index in [9.17, 15) is 9.59 Å². The highest BCUT2D eigenvalue weighted by Gasteiger charge is 2.54. The van der Waals surface area contributed by atoms with Gasteiger partial charge in [0.2, 0.25) is 0 Å². The number of aromatic amines is 1. The van der Waals surface area contributed by atoms with Crippen LogP contribution < -0.4 is 5.32 Å². The monoisotopic (exact) mass is 421 g/mol. The van der Waals surface area contributed by atoms with Crippen LogP contribution in [0.3, 0.4) is 0 Å². The predicted molar refractivity (Wildman–Crippen MR) is 120 cm³/mol. The van der Waals surface area contributed by atoms with Crippen LogP contribution in [0.25, 0.3) is 11.3 Å². The van der Waals surface area contributed by atoms with E-state index >= 15 is 0 Å². The summed E-state index contributed by atoms with van der Waals surface area (Å²) in [5, 5.41) is 10.4. The summed E-state index contributed by atoms with van der Waals surface area (Å²) in [5.74, 6) is 0.0425. The summed E-state index contributed by atoms with van der Waals surface area (Å²) in [6, 6.07) is 9.94. The first kappa shape index (κ1) is 21.3. The molecule has 0 saturated carbocycles. The van der Waals surface area contributed by atoms with Crippen LogP contribution in [0.2, 0.25) is 0 Å². The van der Waals surface area contributed by atoms with Crippen molar-refractivity contribution in [2.75, 3.05) is 19.6 Å². The molecule has 31 heavy (non-hydrogen) atoms. The average Bonchev–Trinajstić information content (AvgIpc) is 3.33. The van der Waals surface area contributed by atoms with Crippen LogP contribution in [0.5, 0.6) is 0 Å². The second-order valence-corrected chi connectivity index (χ2v) is 8.79. The maximum absolute atomic E-state index is 13.2. The number of aromatic nitrogens is 2. The van der Waals surface area contributed by atoms with E-state index < -0.39 is 5.54 Å². The maximum Gasteiger partial charge on any atom is 0.325 e. The summed E-state index contributed by atoms with van der Waals surface area (Å²) in [6.07, 6.45) is 4.26. The van der Waals surface area contributed by atoms with Crippen LogP contribution in [-0.2, 0) is 11.3 Å². The molecular weight excluding hydrogens is 390 g/mol. The molecule has 1 aromatic carbocycles. The van der Waals surface area contributed by atoms with Gasteiger partial charge in [-0.05, 0) is 50.8 Å². The number of carbonyl (C=O) groups excluding carboxylic acids is 2. The summed E-state index contributed by atoms with van der Waals surface area (Å²) < 4.78 is 0. The molecule has 2 aliphatic heterocycles. The zero-order valence-electron chi connectivity index (χ0n) is 18.4. The van der Waals surface area contributed by atoms with Gasteiger partial charge in [0.25, 0.3) is 5.91 Å². The SMILES string of the molecule is C=C(C)CN1C(=O)N[C@](CC)(C2CCN(Cc3cn[nH]c3-c3ccccc3)CC2)C1=O. The molecule has 2 N–H and O–H groups in total. The van der Waals surface area contributed by atoms with Crippen LogP contribution in [-0.4, -0.2) is 57.1 Å². The molecule has 2 fully saturated rings. The van der Waals surface area contributed by atoms with Gasteiger partial charge < -0.3 is 5.32 Å². The van der Waals surface area contributed by atoms with Crippen molar-refractivity contribution >= 4 is 11.9 Å². The second-order valence-electron chi connectivity index (χ2n) is 8.79. The summed E-state index contributed by atoms with van der Waals surface area (Å²) >= 11 is 0. The van der Waals surface area contributed by atoms with E-state index in [0.29, 0.717) is 6.42 Å². The number of hydrogen-bond acceptors (Lipinski definition) is 4. The number of imide groups is 1. The van der Waals surface area contributed by atoms with Crippen LogP contribution in [0, 0.1) is 5.92 Å². The smallest absolute Gasteiger partial charge is 0.323 e. The third-order valence-corrected chi connectivity index (χ3v) is 6.65. The van der Waals surface area contributed by atoms with Gasteiger partial charge in [-0.15, -0.1) is 0 Å². The molecule has 2 aromatic rings. The standard InChI is InChI=1S/C24H31N5O2/c1-4-24(22(30)29(15-17(2)3)23(31)26-24)20-10-12-28(13-11-20)16-19-14-25-27-21(19)18-8-6-5-7-9-18/h5-9,14,20H,2,4,10-13,15-16H2,1,3H3,(H,25,27)(H,26,31)/t24-/m1/s1. The Bertz CT molecular complexity index is 961. The van der Waals surface area contributed by atoms with E-state index in [4.69, 9.17) is 0 Å². The normalized spacial score (nSPS) is 22.7. The minimum absolute atomic E-state index is 0.0948. The van der Waals surface area contributed by atoms with Gasteiger partial charge in [0.1, 0.15) is 5.54 Å². The Morgan fingerprint density at radius 2 is 1.94 bits per heavy atom. The number of rotatable bonds is 7. The number of benzene rings is 1. The molecule has 2 saturated heterocycles.